The van der Waals surface area contributed by atoms with Gasteiger partial charge in [0, 0.05) is 10.5 Å². The lowest BCUT2D eigenvalue weighted by atomic mass is 10.4. The Hall–Kier alpha value is 0.940. The monoisotopic (exact) mass is 234 g/mol. The summed E-state index contributed by atoms with van der Waals surface area (Å²) in [7, 11) is 0. The molecular weight excluding hydrogens is 226 g/mol. The molecule has 0 aliphatic heterocycles. The molecule has 0 aliphatic rings. The average molecular weight is 234 g/mol. The fourth-order valence-electron chi connectivity index (χ4n) is 0.0851. The minimum atomic E-state index is -0.392. The van der Waals surface area contributed by atoms with Gasteiger partial charge in [0.2, 0.25) is 0 Å². The highest BCUT2D eigenvalue weighted by molar-refractivity contribution is 14.1. The molecule has 0 heterocycles. The molecule has 44 valence electrons. The second-order valence-corrected chi connectivity index (χ2v) is 2.65. The van der Waals surface area contributed by atoms with E-state index in [1.807, 2.05) is 0 Å². The van der Waals surface area contributed by atoms with Gasteiger partial charge in [-0.25, -0.2) is 0 Å². The fraction of sp³-hybridized carbons (Fsp3) is 1.00. The van der Waals surface area contributed by atoms with Gasteiger partial charge in [0.05, 0.1) is 5.50 Å². The summed E-state index contributed by atoms with van der Waals surface area (Å²) in [5.74, 6) is 0. The van der Waals surface area contributed by atoms with Crippen LogP contribution in [0.2, 0.25) is 0 Å². The van der Waals surface area contributed by atoms with Crippen molar-refractivity contribution >= 4 is 34.2 Å². The second kappa shape index (κ2) is 3.88. The molecule has 0 aromatic carbocycles. The zero-order valence-corrected chi connectivity index (χ0v) is 6.69. The Bertz CT molecular complexity index is 50.2. The van der Waals surface area contributed by atoms with Crippen molar-refractivity contribution in [3.63, 3.8) is 0 Å². The van der Waals surface area contributed by atoms with E-state index in [9.17, 15) is 0 Å². The molecule has 4 N–H and O–H groups in total. The third-order valence-corrected chi connectivity index (χ3v) is 1.93. The van der Waals surface area contributed by atoms with Gasteiger partial charge in [0.1, 0.15) is 0 Å². The van der Waals surface area contributed by atoms with Crippen LogP contribution in [0.1, 0.15) is 0 Å². The van der Waals surface area contributed by atoms with E-state index in [0.717, 1.165) is 4.43 Å². The van der Waals surface area contributed by atoms with Crippen molar-refractivity contribution in [2.45, 2.75) is 11.5 Å². The first kappa shape index (κ1) is 7.94. The molecule has 0 aliphatic carbocycles. The number of hydrogen-bond acceptors (Lipinski definition) is 2. The van der Waals surface area contributed by atoms with Crippen molar-refractivity contribution in [2.24, 2.45) is 11.5 Å². The van der Waals surface area contributed by atoms with Crippen molar-refractivity contribution in [3.8, 4) is 0 Å². The summed E-state index contributed by atoms with van der Waals surface area (Å²) in [6.07, 6.45) is 0. The lowest BCUT2D eigenvalue weighted by molar-refractivity contribution is 0.719. The largest absolute Gasteiger partial charge is 0.325 e. The van der Waals surface area contributed by atoms with Gasteiger partial charge in [0.15, 0.2) is 0 Å². The van der Waals surface area contributed by atoms with E-state index < -0.39 is 5.50 Å². The van der Waals surface area contributed by atoms with E-state index in [1.54, 1.807) is 0 Å². The maximum Gasteiger partial charge on any atom is 0.0961 e. The van der Waals surface area contributed by atoms with E-state index in [0.29, 0.717) is 0 Å². The highest BCUT2D eigenvalue weighted by Gasteiger charge is 2.05. The van der Waals surface area contributed by atoms with Crippen LogP contribution in [-0.4, -0.2) is 16.0 Å². The van der Waals surface area contributed by atoms with Gasteiger partial charge >= 0.3 is 0 Å². The Kier molecular flexibility index (Phi) is 4.41. The van der Waals surface area contributed by atoms with Gasteiger partial charge in [-0.05, 0) is 0 Å². The molecule has 2 nitrogen and oxygen atoms in total. The maximum absolute atomic E-state index is 5.38. The van der Waals surface area contributed by atoms with Gasteiger partial charge < -0.3 is 11.5 Å². The van der Waals surface area contributed by atoms with Crippen LogP contribution in [0.25, 0.3) is 0 Å². The normalized spacial score (nSPS) is 18.9. The van der Waals surface area contributed by atoms with E-state index in [2.05, 4.69) is 22.6 Å². The third-order valence-electron chi connectivity index (χ3n) is 0.587. The summed E-state index contributed by atoms with van der Waals surface area (Å²) >= 11 is 7.52. The first-order valence-electron chi connectivity index (χ1n) is 1.89. The Morgan fingerprint density at radius 2 is 2.00 bits per heavy atom. The second-order valence-electron chi connectivity index (χ2n) is 1.26. The van der Waals surface area contributed by atoms with E-state index in [1.165, 1.54) is 0 Å². The first-order valence-corrected chi connectivity index (χ1v) is 3.86. The van der Waals surface area contributed by atoms with Gasteiger partial charge in [-0.3, -0.25) is 0 Å². The molecule has 0 radical (unpaired) electrons. The summed E-state index contributed by atoms with van der Waals surface area (Å²) in [6.45, 7) is 0. The van der Waals surface area contributed by atoms with E-state index in [4.69, 9.17) is 23.1 Å². The van der Waals surface area contributed by atoms with Crippen molar-refractivity contribution in [1.82, 2.24) is 0 Å². The summed E-state index contributed by atoms with van der Waals surface area (Å²) in [5.41, 5.74) is 10.1. The first-order chi connectivity index (χ1) is 3.18. The van der Waals surface area contributed by atoms with Crippen molar-refractivity contribution in [3.05, 3.63) is 0 Å². The number of alkyl halides is 2. The molecule has 0 saturated carbocycles. The molecule has 0 bridgehead atoms. The molecule has 0 saturated heterocycles. The topological polar surface area (TPSA) is 52.0 Å². The molecular formula is C3H8ClIN2. The lowest BCUT2D eigenvalue weighted by Crippen LogP contribution is -2.38. The summed E-state index contributed by atoms with van der Waals surface area (Å²) in [5, 5.41) is 0. The van der Waals surface area contributed by atoms with E-state index >= 15 is 0 Å². The highest BCUT2D eigenvalue weighted by atomic mass is 127. The smallest absolute Gasteiger partial charge is 0.0961 e. The van der Waals surface area contributed by atoms with Crippen LogP contribution in [0, 0.1) is 0 Å². The van der Waals surface area contributed by atoms with Crippen molar-refractivity contribution in [2.75, 3.05) is 4.43 Å². The SMILES string of the molecule is NC(Cl)[C@@H](N)CI. The fourth-order valence-corrected chi connectivity index (χ4v) is 1.02. The number of hydrogen-bond donors (Lipinski definition) is 2. The molecule has 0 aromatic heterocycles. The zero-order chi connectivity index (χ0) is 5.86. The Morgan fingerprint density at radius 3 is 2.00 bits per heavy atom. The molecule has 0 aromatic rings. The Morgan fingerprint density at radius 1 is 1.57 bits per heavy atom. The van der Waals surface area contributed by atoms with E-state index in [-0.39, 0.29) is 6.04 Å². The van der Waals surface area contributed by atoms with Crippen LogP contribution in [0.15, 0.2) is 0 Å². The summed E-state index contributed by atoms with van der Waals surface area (Å²) in [6, 6.07) is -0.0673. The van der Waals surface area contributed by atoms with Crippen LogP contribution >= 0.6 is 34.2 Å². The van der Waals surface area contributed by atoms with Crippen LogP contribution in [0.4, 0.5) is 0 Å². The van der Waals surface area contributed by atoms with Crippen molar-refractivity contribution < 1.29 is 0 Å². The Labute approximate surface area is 61.7 Å². The molecule has 0 rings (SSSR count). The Balaban J connectivity index is 3.14. The number of rotatable bonds is 2. The van der Waals surface area contributed by atoms with Crippen LogP contribution in [0.5, 0.6) is 0 Å². The van der Waals surface area contributed by atoms with Crippen molar-refractivity contribution in [1.29, 1.82) is 0 Å². The number of nitrogens with two attached hydrogens (primary N) is 2. The van der Waals surface area contributed by atoms with Gasteiger partial charge in [-0.1, -0.05) is 22.6 Å². The molecule has 7 heavy (non-hydrogen) atoms. The summed E-state index contributed by atoms with van der Waals surface area (Å²) in [4.78, 5) is 0. The summed E-state index contributed by atoms with van der Waals surface area (Å²) < 4.78 is 0.808. The lowest BCUT2D eigenvalue weighted by Gasteiger charge is -2.07. The third kappa shape index (κ3) is 3.52. The average Bonchev–Trinajstić information content (AvgIpc) is 1.65. The predicted molar refractivity (Wildman–Crippen MR) is 40.7 cm³/mol. The number of halogens is 2. The molecule has 0 spiro atoms. The zero-order valence-electron chi connectivity index (χ0n) is 3.77. The molecule has 1 unspecified atom stereocenters. The minimum Gasteiger partial charge on any atom is -0.325 e. The van der Waals surface area contributed by atoms with Gasteiger partial charge in [-0.2, -0.15) is 0 Å². The minimum absolute atomic E-state index is 0.0673. The van der Waals surface area contributed by atoms with Crippen LogP contribution in [-0.2, 0) is 0 Å². The highest BCUT2D eigenvalue weighted by Crippen LogP contribution is 1.95. The quantitative estimate of drug-likeness (QED) is 0.409. The maximum atomic E-state index is 5.38. The van der Waals surface area contributed by atoms with Gasteiger partial charge in [0.25, 0.3) is 0 Å². The van der Waals surface area contributed by atoms with Crippen LogP contribution in [0.3, 0.4) is 0 Å². The van der Waals surface area contributed by atoms with Gasteiger partial charge in [-0.15, -0.1) is 11.6 Å². The predicted octanol–water partition coefficient (Wildman–Crippen LogP) is 0.272. The molecule has 4 heteroatoms. The molecule has 0 fully saturated rings. The standard InChI is InChI=1S/C3H8ClIN2/c4-3(7)2(6)1-5/h2-3H,1,6-7H2/t2-,3?/m0/s1. The molecule has 2 atom stereocenters. The van der Waals surface area contributed by atoms with Crippen LogP contribution < -0.4 is 11.5 Å². The molecule has 0 amide bonds.